The smallest absolute Gasteiger partial charge is 0.0656 e. The van der Waals surface area contributed by atoms with Gasteiger partial charge in [0.1, 0.15) is 0 Å². The highest BCUT2D eigenvalue weighted by molar-refractivity contribution is 6.88. The molecule has 0 bridgehead atoms. The largest absolute Gasteiger partial charge is 0.0776 e. The summed E-state index contributed by atoms with van der Waals surface area (Å²) < 4.78 is 0. The van der Waals surface area contributed by atoms with Gasteiger partial charge in [-0.15, -0.1) is 0 Å². The van der Waals surface area contributed by atoms with E-state index in [1.807, 2.05) is 0 Å². The third-order valence-electron chi connectivity index (χ3n) is 2.59. The fourth-order valence-corrected chi connectivity index (χ4v) is 2.64. The third-order valence-corrected chi connectivity index (χ3v) is 4.64. The van der Waals surface area contributed by atoms with E-state index in [-0.39, 0.29) is 5.41 Å². The van der Waals surface area contributed by atoms with Gasteiger partial charge >= 0.3 is 0 Å². The van der Waals surface area contributed by atoms with E-state index in [1.165, 1.54) is 5.56 Å². The van der Waals surface area contributed by atoms with Crippen molar-refractivity contribution in [3.63, 3.8) is 0 Å². The Labute approximate surface area is 89.4 Å². The molecule has 1 aromatic rings. The van der Waals surface area contributed by atoms with Crippen LogP contribution in [-0.4, -0.2) is 8.07 Å². The Hall–Kier alpha value is -0.563. The van der Waals surface area contributed by atoms with Gasteiger partial charge in [-0.05, 0) is 11.0 Å². The molecule has 14 heavy (non-hydrogen) atoms. The normalized spacial score (nSPS) is 13.0. The molecule has 0 amide bonds. The molecule has 0 saturated heterocycles. The Morgan fingerprint density at radius 3 is 2.00 bits per heavy atom. The molecule has 0 aliphatic carbocycles. The van der Waals surface area contributed by atoms with Crippen molar-refractivity contribution in [2.45, 2.75) is 45.8 Å². The molecule has 0 N–H and O–H groups in total. The molecule has 1 rings (SSSR count). The Morgan fingerprint density at radius 2 is 1.57 bits per heavy atom. The lowest BCUT2D eigenvalue weighted by Gasteiger charge is -2.23. The standard InChI is InChI=1S/C13H22Si/c1-13(2,3)11-8-7-9-12(10-11)14(4,5)6/h7-10H,1-6H3. The van der Waals surface area contributed by atoms with Gasteiger partial charge in [-0.2, -0.15) is 0 Å². The summed E-state index contributed by atoms with van der Waals surface area (Å²) in [7, 11) is -1.14. The van der Waals surface area contributed by atoms with Crippen molar-refractivity contribution in [3.8, 4) is 0 Å². The molecule has 0 spiro atoms. The quantitative estimate of drug-likeness (QED) is 0.617. The average Bonchev–Trinajstić information content (AvgIpc) is 2.01. The van der Waals surface area contributed by atoms with E-state index in [4.69, 9.17) is 0 Å². The SMILES string of the molecule is CC(C)(C)c1cccc([Si](C)(C)C)c1. The molecular formula is C13H22Si. The van der Waals surface area contributed by atoms with Crippen LogP contribution >= 0.6 is 0 Å². The van der Waals surface area contributed by atoms with Crippen LogP contribution < -0.4 is 5.19 Å². The van der Waals surface area contributed by atoms with E-state index in [1.54, 1.807) is 5.19 Å². The van der Waals surface area contributed by atoms with Gasteiger partial charge in [-0.3, -0.25) is 0 Å². The lowest BCUT2D eigenvalue weighted by molar-refractivity contribution is 0.591. The number of hydrogen-bond acceptors (Lipinski definition) is 0. The highest BCUT2D eigenvalue weighted by Crippen LogP contribution is 2.21. The molecule has 1 heteroatoms. The zero-order chi connectivity index (χ0) is 11.0. The van der Waals surface area contributed by atoms with Gasteiger partial charge in [0.05, 0.1) is 8.07 Å². The Morgan fingerprint density at radius 1 is 1.00 bits per heavy atom. The Balaban J connectivity index is 3.15. The minimum absolute atomic E-state index is 0.273. The predicted octanol–water partition coefficient (Wildman–Crippen LogP) is 3.53. The minimum Gasteiger partial charge on any atom is -0.0656 e. The van der Waals surface area contributed by atoms with Crippen molar-refractivity contribution >= 4 is 13.3 Å². The topological polar surface area (TPSA) is 0 Å². The number of rotatable bonds is 1. The summed E-state index contributed by atoms with van der Waals surface area (Å²) in [6, 6.07) is 9.12. The minimum atomic E-state index is -1.14. The van der Waals surface area contributed by atoms with E-state index in [0.29, 0.717) is 0 Å². The maximum atomic E-state index is 2.40. The van der Waals surface area contributed by atoms with Crippen LogP contribution in [0.3, 0.4) is 0 Å². The summed E-state index contributed by atoms with van der Waals surface area (Å²) in [4.78, 5) is 0. The second-order valence-electron chi connectivity index (χ2n) is 6.08. The molecule has 0 aromatic heterocycles. The molecule has 78 valence electrons. The fourth-order valence-electron chi connectivity index (χ4n) is 1.45. The summed E-state index contributed by atoms with van der Waals surface area (Å²) in [5.41, 5.74) is 1.73. The van der Waals surface area contributed by atoms with Crippen LogP contribution in [0.1, 0.15) is 26.3 Å². The summed E-state index contributed by atoms with van der Waals surface area (Å²) in [5, 5.41) is 1.56. The van der Waals surface area contributed by atoms with Crippen LogP contribution in [0.15, 0.2) is 24.3 Å². The van der Waals surface area contributed by atoms with Gasteiger partial charge in [0.15, 0.2) is 0 Å². The predicted molar refractivity (Wildman–Crippen MR) is 68.1 cm³/mol. The van der Waals surface area contributed by atoms with Crippen LogP contribution in [0.4, 0.5) is 0 Å². The average molecular weight is 206 g/mol. The summed E-state index contributed by atoms with van der Waals surface area (Å²) in [6.45, 7) is 14.0. The molecule has 0 aliphatic rings. The maximum absolute atomic E-state index is 2.40. The van der Waals surface area contributed by atoms with Crippen molar-refractivity contribution in [3.05, 3.63) is 29.8 Å². The van der Waals surface area contributed by atoms with Crippen molar-refractivity contribution < 1.29 is 0 Å². The molecule has 1 aromatic carbocycles. The molecule has 0 fully saturated rings. The van der Waals surface area contributed by atoms with Crippen molar-refractivity contribution in [1.29, 1.82) is 0 Å². The summed E-state index contributed by atoms with van der Waals surface area (Å²) in [5.74, 6) is 0. The van der Waals surface area contributed by atoms with Gasteiger partial charge < -0.3 is 0 Å². The van der Waals surface area contributed by atoms with E-state index in [9.17, 15) is 0 Å². The Bertz CT molecular complexity index is 283. The molecule has 0 unspecified atom stereocenters. The Kier molecular flexibility index (Phi) is 2.91. The lowest BCUT2D eigenvalue weighted by Crippen LogP contribution is -2.38. The maximum Gasteiger partial charge on any atom is 0.0776 e. The van der Waals surface area contributed by atoms with Crippen LogP contribution in [-0.2, 0) is 5.41 Å². The molecule has 0 radical (unpaired) electrons. The zero-order valence-corrected chi connectivity index (χ0v) is 11.3. The molecular weight excluding hydrogens is 184 g/mol. The van der Waals surface area contributed by atoms with E-state index in [0.717, 1.165) is 0 Å². The van der Waals surface area contributed by atoms with Crippen molar-refractivity contribution in [2.75, 3.05) is 0 Å². The molecule has 0 aliphatic heterocycles. The zero-order valence-electron chi connectivity index (χ0n) is 10.3. The second kappa shape index (κ2) is 3.54. The lowest BCUT2D eigenvalue weighted by atomic mass is 9.87. The fraction of sp³-hybridized carbons (Fsp3) is 0.538. The molecule has 0 heterocycles. The van der Waals surface area contributed by atoms with E-state index in [2.05, 4.69) is 64.7 Å². The first kappa shape index (κ1) is 11.5. The second-order valence-corrected chi connectivity index (χ2v) is 11.2. The first-order valence-electron chi connectivity index (χ1n) is 5.32. The van der Waals surface area contributed by atoms with Gasteiger partial charge in [-0.25, -0.2) is 0 Å². The highest BCUT2D eigenvalue weighted by Gasteiger charge is 2.19. The molecule has 0 nitrogen and oxygen atoms in total. The van der Waals surface area contributed by atoms with Crippen LogP contribution in [0, 0.1) is 0 Å². The van der Waals surface area contributed by atoms with E-state index < -0.39 is 8.07 Å². The number of benzene rings is 1. The van der Waals surface area contributed by atoms with Gasteiger partial charge in [0.25, 0.3) is 0 Å². The third kappa shape index (κ3) is 2.71. The van der Waals surface area contributed by atoms with Gasteiger partial charge in [-0.1, -0.05) is 69.9 Å². The summed E-state index contributed by atoms with van der Waals surface area (Å²) in [6.07, 6.45) is 0. The van der Waals surface area contributed by atoms with Gasteiger partial charge in [0.2, 0.25) is 0 Å². The van der Waals surface area contributed by atoms with Crippen LogP contribution in [0.25, 0.3) is 0 Å². The van der Waals surface area contributed by atoms with Crippen molar-refractivity contribution in [1.82, 2.24) is 0 Å². The molecule has 0 saturated carbocycles. The van der Waals surface area contributed by atoms with Crippen molar-refractivity contribution in [2.24, 2.45) is 0 Å². The highest BCUT2D eigenvalue weighted by atomic mass is 28.3. The number of hydrogen-bond donors (Lipinski definition) is 0. The van der Waals surface area contributed by atoms with Crippen LogP contribution in [0.2, 0.25) is 19.6 Å². The van der Waals surface area contributed by atoms with Crippen LogP contribution in [0.5, 0.6) is 0 Å². The molecule has 0 atom stereocenters. The van der Waals surface area contributed by atoms with Gasteiger partial charge in [0, 0.05) is 0 Å². The first-order chi connectivity index (χ1) is 6.21. The first-order valence-corrected chi connectivity index (χ1v) is 8.82. The monoisotopic (exact) mass is 206 g/mol. The van der Waals surface area contributed by atoms with E-state index >= 15 is 0 Å². The summed E-state index contributed by atoms with van der Waals surface area (Å²) >= 11 is 0.